The third-order valence-electron chi connectivity index (χ3n) is 3.32. The Hall–Kier alpha value is -1.55. The number of rotatable bonds is 5. The lowest BCUT2D eigenvalue weighted by Gasteiger charge is -1.99. The number of nitrogens with zero attached hydrogens (tertiary/aromatic N) is 2. The zero-order chi connectivity index (χ0) is 12.5. The summed E-state index contributed by atoms with van der Waals surface area (Å²) in [6.07, 6.45) is 4.61. The molecule has 0 bridgehead atoms. The summed E-state index contributed by atoms with van der Waals surface area (Å²) in [5.41, 5.74) is 2.30. The molecule has 0 saturated heterocycles. The lowest BCUT2D eigenvalue weighted by Crippen LogP contribution is -2.15. The van der Waals surface area contributed by atoms with Crippen molar-refractivity contribution in [2.24, 2.45) is 0 Å². The monoisotopic (exact) mass is 245 g/mol. The van der Waals surface area contributed by atoms with Crippen LogP contribution in [-0.4, -0.2) is 15.8 Å². The molecule has 0 amide bonds. The summed E-state index contributed by atoms with van der Waals surface area (Å²) in [4.78, 5) is 0. The highest BCUT2D eigenvalue weighted by Gasteiger charge is 2.20. The van der Waals surface area contributed by atoms with Crippen molar-refractivity contribution in [3.05, 3.63) is 41.1 Å². The molecule has 0 unspecified atom stereocenters. The van der Waals surface area contributed by atoms with E-state index in [1.54, 1.807) is 0 Å². The molecule has 0 radical (unpaired) electrons. The van der Waals surface area contributed by atoms with Gasteiger partial charge in [-0.25, -0.2) is 0 Å². The van der Waals surface area contributed by atoms with Crippen molar-refractivity contribution in [3.63, 3.8) is 0 Å². The second-order valence-electron chi connectivity index (χ2n) is 5.10. The van der Waals surface area contributed by atoms with Gasteiger partial charge < -0.3 is 9.73 Å². The zero-order valence-corrected chi connectivity index (χ0v) is 10.9. The maximum atomic E-state index is 5.78. The van der Waals surface area contributed by atoms with E-state index < -0.39 is 0 Å². The van der Waals surface area contributed by atoms with Crippen LogP contribution in [0.25, 0.3) is 0 Å². The van der Waals surface area contributed by atoms with Crippen LogP contribution >= 0.6 is 0 Å². The first-order valence-corrected chi connectivity index (χ1v) is 6.52. The van der Waals surface area contributed by atoms with Crippen LogP contribution in [0.5, 0.6) is 0 Å². The van der Waals surface area contributed by atoms with E-state index in [-0.39, 0.29) is 0 Å². The van der Waals surface area contributed by atoms with Gasteiger partial charge in [0.1, 0.15) is 11.5 Å². The minimum Gasteiger partial charge on any atom is -0.464 e. The summed E-state index contributed by atoms with van der Waals surface area (Å²) >= 11 is 0. The van der Waals surface area contributed by atoms with E-state index in [2.05, 4.69) is 16.5 Å². The Morgan fingerprint density at radius 2 is 2.28 bits per heavy atom. The number of nitrogens with one attached hydrogen (secondary N) is 1. The van der Waals surface area contributed by atoms with Gasteiger partial charge in [-0.3, -0.25) is 4.68 Å². The Kier molecular flexibility index (Phi) is 2.96. The van der Waals surface area contributed by atoms with Crippen molar-refractivity contribution >= 4 is 0 Å². The van der Waals surface area contributed by atoms with E-state index in [1.807, 2.05) is 30.8 Å². The van der Waals surface area contributed by atoms with Crippen molar-refractivity contribution in [2.45, 2.75) is 45.8 Å². The van der Waals surface area contributed by atoms with Crippen molar-refractivity contribution in [1.29, 1.82) is 0 Å². The molecule has 2 aromatic rings. The summed E-state index contributed by atoms with van der Waals surface area (Å²) in [6.45, 7) is 5.65. The summed E-state index contributed by atoms with van der Waals surface area (Å²) in [5.74, 6) is 1.99. The molecular formula is C14H19N3O. The molecule has 0 aromatic carbocycles. The molecule has 2 aromatic heterocycles. The van der Waals surface area contributed by atoms with Gasteiger partial charge in [0.15, 0.2) is 0 Å². The molecule has 1 N–H and O–H groups in total. The molecule has 1 aliphatic carbocycles. The maximum Gasteiger partial charge on any atom is 0.125 e. The number of hydrogen-bond donors (Lipinski definition) is 1. The van der Waals surface area contributed by atoms with E-state index in [1.165, 1.54) is 18.4 Å². The van der Waals surface area contributed by atoms with Gasteiger partial charge in [0.05, 0.1) is 12.2 Å². The van der Waals surface area contributed by atoms with E-state index in [9.17, 15) is 0 Å². The average molecular weight is 245 g/mol. The van der Waals surface area contributed by atoms with E-state index in [4.69, 9.17) is 4.42 Å². The second-order valence-corrected chi connectivity index (χ2v) is 5.10. The predicted octanol–water partition coefficient (Wildman–Crippen LogP) is 2.39. The van der Waals surface area contributed by atoms with Crippen molar-refractivity contribution in [3.8, 4) is 0 Å². The summed E-state index contributed by atoms with van der Waals surface area (Å²) < 4.78 is 7.69. The van der Waals surface area contributed by atoms with Gasteiger partial charge in [-0.15, -0.1) is 0 Å². The fourth-order valence-electron chi connectivity index (χ4n) is 2.09. The van der Waals surface area contributed by atoms with Crippen LogP contribution in [0, 0.1) is 13.8 Å². The first-order valence-electron chi connectivity index (χ1n) is 6.52. The highest BCUT2D eigenvalue weighted by Crippen LogP contribution is 2.21. The van der Waals surface area contributed by atoms with Gasteiger partial charge >= 0.3 is 0 Å². The lowest BCUT2D eigenvalue weighted by molar-refractivity contribution is 0.455. The Balaban J connectivity index is 1.66. The third-order valence-corrected chi connectivity index (χ3v) is 3.32. The van der Waals surface area contributed by atoms with Gasteiger partial charge in [-0.2, -0.15) is 5.10 Å². The summed E-state index contributed by atoms with van der Waals surface area (Å²) in [5, 5.41) is 7.88. The van der Waals surface area contributed by atoms with Gasteiger partial charge in [0, 0.05) is 24.3 Å². The van der Waals surface area contributed by atoms with Crippen LogP contribution in [0.3, 0.4) is 0 Å². The van der Waals surface area contributed by atoms with Crippen molar-refractivity contribution in [1.82, 2.24) is 15.1 Å². The van der Waals surface area contributed by atoms with E-state index >= 15 is 0 Å². The number of aromatic nitrogens is 2. The molecule has 2 heterocycles. The van der Waals surface area contributed by atoms with E-state index in [0.29, 0.717) is 6.54 Å². The molecule has 3 rings (SSSR count). The number of aryl methyl sites for hydroxylation is 2. The first-order chi connectivity index (χ1) is 8.70. The quantitative estimate of drug-likeness (QED) is 0.879. The molecule has 1 saturated carbocycles. The van der Waals surface area contributed by atoms with Crippen molar-refractivity contribution < 1.29 is 4.42 Å². The zero-order valence-electron chi connectivity index (χ0n) is 10.9. The highest BCUT2D eigenvalue weighted by atomic mass is 16.3. The molecule has 18 heavy (non-hydrogen) atoms. The predicted molar refractivity (Wildman–Crippen MR) is 69.4 cm³/mol. The molecule has 0 aliphatic heterocycles. The topological polar surface area (TPSA) is 43.0 Å². The second kappa shape index (κ2) is 4.61. The van der Waals surface area contributed by atoms with E-state index in [0.717, 1.165) is 29.8 Å². The van der Waals surface area contributed by atoms with Gasteiger partial charge in [-0.1, -0.05) is 0 Å². The lowest BCUT2D eigenvalue weighted by atomic mass is 10.2. The molecule has 4 heteroatoms. The van der Waals surface area contributed by atoms with Crippen LogP contribution < -0.4 is 5.32 Å². The fourth-order valence-corrected chi connectivity index (χ4v) is 2.09. The van der Waals surface area contributed by atoms with Gasteiger partial charge in [0.2, 0.25) is 0 Å². The summed E-state index contributed by atoms with van der Waals surface area (Å²) in [6, 6.07) is 4.88. The Morgan fingerprint density at radius 3 is 2.94 bits per heavy atom. The highest BCUT2D eigenvalue weighted by molar-refractivity contribution is 5.21. The first kappa shape index (κ1) is 11.5. The molecular weight excluding hydrogens is 226 g/mol. The Morgan fingerprint density at radius 1 is 1.44 bits per heavy atom. The van der Waals surface area contributed by atoms with Crippen LogP contribution in [0.2, 0.25) is 0 Å². The largest absolute Gasteiger partial charge is 0.464 e. The van der Waals surface area contributed by atoms with Crippen LogP contribution in [0.15, 0.2) is 22.7 Å². The SMILES string of the molecule is Cc1ccn(Cc2cc(CNC3CC3)c(C)o2)n1. The molecule has 1 fully saturated rings. The minimum absolute atomic E-state index is 0.706. The smallest absolute Gasteiger partial charge is 0.125 e. The standard InChI is InChI=1S/C14H19N3O/c1-10-5-6-17(16-10)9-14-7-12(11(2)18-14)8-15-13-3-4-13/h5-7,13,15H,3-4,8-9H2,1-2H3. The fraction of sp³-hybridized carbons (Fsp3) is 0.500. The Bertz CT molecular complexity index is 537. The number of hydrogen-bond acceptors (Lipinski definition) is 3. The molecule has 4 nitrogen and oxygen atoms in total. The Labute approximate surface area is 107 Å². The molecule has 1 aliphatic rings. The maximum absolute atomic E-state index is 5.78. The molecule has 0 spiro atoms. The van der Waals surface area contributed by atoms with Gasteiger partial charge in [-0.05, 0) is 38.8 Å². The van der Waals surface area contributed by atoms with Gasteiger partial charge in [0.25, 0.3) is 0 Å². The number of furan rings is 1. The molecule has 96 valence electrons. The molecule has 0 atom stereocenters. The van der Waals surface area contributed by atoms with Crippen molar-refractivity contribution in [2.75, 3.05) is 0 Å². The summed E-state index contributed by atoms with van der Waals surface area (Å²) in [7, 11) is 0. The minimum atomic E-state index is 0.706. The van der Waals surface area contributed by atoms with Crippen LogP contribution in [0.4, 0.5) is 0 Å². The normalized spacial score (nSPS) is 15.2. The average Bonchev–Trinajstić information content (AvgIpc) is 2.98. The van der Waals surface area contributed by atoms with Crippen LogP contribution in [-0.2, 0) is 13.1 Å². The van der Waals surface area contributed by atoms with Crippen LogP contribution in [0.1, 0.15) is 35.6 Å². The third kappa shape index (κ3) is 2.64.